The first-order valence-electron chi connectivity index (χ1n) is 8.87. The van der Waals surface area contributed by atoms with Gasteiger partial charge in [-0.25, -0.2) is 4.98 Å². The summed E-state index contributed by atoms with van der Waals surface area (Å²) in [6.07, 6.45) is 0. The molecule has 0 aliphatic heterocycles. The van der Waals surface area contributed by atoms with Crippen LogP contribution in [0.2, 0.25) is 0 Å². The van der Waals surface area contributed by atoms with E-state index in [0.717, 1.165) is 36.6 Å². The first-order valence-corrected chi connectivity index (χ1v) is 10.6. The lowest BCUT2D eigenvalue weighted by Crippen LogP contribution is -2.34. The fraction of sp³-hybridized carbons (Fsp3) is 0.238. The Bertz CT molecular complexity index is 1090. The largest absolute Gasteiger partial charge is 0.483 e. The monoisotopic (exact) mass is 396 g/mol. The summed E-state index contributed by atoms with van der Waals surface area (Å²) >= 11 is 3.31. The predicted molar refractivity (Wildman–Crippen MR) is 113 cm³/mol. The third-order valence-electron chi connectivity index (χ3n) is 4.47. The molecule has 1 amide bonds. The van der Waals surface area contributed by atoms with Crippen molar-refractivity contribution in [1.82, 2.24) is 9.88 Å². The van der Waals surface area contributed by atoms with Gasteiger partial charge in [0.2, 0.25) is 0 Å². The number of hydrogen-bond donors (Lipinski definition) is 0. The number of ether oxygens (including phenoxy) is 1. The number of rotatable bonds is 6. The number of likely N-dealkylation sites (N-methyl/N-ethyl adjacent to an activating group) is 1. The topological polar surface area (TPSA) is 42.4 Å². The molecule has 4 aromatic rings. The lowest BCUT2D eigenvalue weighted by molar-refractivity contribution is -0.133. The maximum absolute atomic E-state index is 12.7. The molecule has 0 aliphatic rings. The predicted octanol–water partition coefficient (Wildman–Crippen LogP) is 5.25. The highest BCUT2D eigenvalue weighted by Gasteiger charge is 2.16. The molecule has 27 heavy (non-hydrogen) atoms. The minimum absolute atomic E-state index is 0.00897. The SMILES string of the molecule is CCN(Cc1ccccc1)C(=O)COc1cc2sc(C)nc2c2sccc12. The number of carbonyl (C=O) groups is 1. The van der Waals surface area contributed by atoms with Crippen molar-refractivity contribution in [2.45, 2.75) is 20.4 Å². The van der Waals surface area contributed by atoms with Gasteiger partial charge in [-0.05, 0) is 30.9 Å². The van der Waals surface area contributed by atoms with Gasteiger partial charge < -0.3 is 9.64 Å². The smallest absolute Gasteiger partial charge is 0.260 e. The number of fused-ring (bicyclic) bond motifs is 3. The van der Waals surface area contributed by atoms with Crippen LogP contribution in [0.4, 0.5) is 0 Å². The van der Waals surface area contributed by atoms with E-state index in [1.807, 2.05) is 66.6 Å². The lowest BCUT2D eigenvalue weighted by atomic mass is 10.2. The van der Waals surface area contributed by atoms with Gasteiger partial charge in [-0.15, -0.1) is 22.7 Å². The summed E-state index contributed by atoms with van der Waals surface area (Å²) in [5, 5.41) is 4.10. The van der Waals surface area contributed by atoms with Crippen LogP contribution in [-0.2, 0) is 11.3 Å². The summed E-state index contributed by atoms with van der Waals surface area (Å²) in [6.45, 7) is 5.29. The van der Waals surface area contributed by atoms with Crippen LogP contribution in [0.25, 0.3) is 20.3 Å². The molecule has 0 bridgehead atoms. The van der Waals surface area contributed by atoms with Crippen molar-refractivity contribution < 1.29 is 9.53 Å². The molecular formula is C21H20N2O2S2. The molecule has 2 heterocycles. The second-order valence-corrected chi connectivity index (χ2v) is 8.45. The first-order chi connectivity index (χ1) is 13.2. The molecule has 0 N–H and O–H groups in total. The molecule has 2 aromatic heterocycles. The number of aryl methyl sites for hydroxylation is 1. The highest BCUT2D eigenvalue weighted by Crippen LogP contribution is 2.38. The lowest BCUT2D eigenvalue weighted by Gasteiger charge is -2.21. The van der Waals surface area contributed by atoms with Crippen molar-refractivity contribution >= 4 is 48.9 Å². The maximum Gasteiger partial charge on any atom is 0.260 e. The second kappa shape index (κ2) is 7.66. The Hall–Kier alpha value is -2.44. The third kappa shape index (κ3) is 3.68. The molecule has 0 radical (unpaired) electrons. The standard InChI is InChI=1S/C21H20N2O2S2/c1-3-23(12-15-7-5-4-6-8-15)19(24)13-25-17-11-18-20(22-14(2)27-18)21-16(17)9-10-26-21/h4-11H,3,12-13H2,1-2H3. The van der Waals surface area contributed by atoms with Gasteiger partial charge >= 0.3 is 0 Å². The van der Waals surface area contributed by atoms with Gasteiger partial charge in [-0.3, -0.25) is 4.79 Å². The molecule has 4 nitrogen and oxygen atoms in total. The van der Waals surface area contributed by atoms with Crippen LogP contribution >= 0.6 is 22.7 Å². The van der Waals surface area contributed by atoms with Crippen molar-refractivity contribution in [3.05, 3.63) is 58.4 Å². The van der Waals surface area contributed by atoms with E-state index in [9.17, 15) is 4.79 Å². The number of carbonyl (C=O) groups excluding carboxylic acids is 1. The molecular weight excluding hydrogens is 376 g/mol. The fourth-order valence-electron chi connectivity index (χ4n) is 3.12. The summed E-state index contributed by atoms with van der Waals surface area (Å²) in [5.41, 5.74) is 2.15. The Balaban J connectivity index is 1.53. The van der Waals surface area contributed by atoms with Gasteiger partial charge in [0.1, 0.15) is 5.75 Å². The van der Waals surface area contributed by atoms with E-state index >= 15 is 0 Å². The zero-order valence-electron chi connectivity index (χ0n) is 15.3. The Morgan fingerprint density at radius 1 is 1.22 bits per heavy atom. The number of hydrogen-bond acceptors (Lipinski definition) is 5. The van der Waals surface area contributed by atoms with E-state index in [4.69, 9.17) is 4.74 Å². The minimum Gasteiger partial charge on any atom is -0.483 e. The van der Waals surface area contributed by atoms with Crippen LogP contribution in [0, 0.1) is 6.92 Å². The van der Waals surface area contributed by atoms with Crippen molar-refractivity contribution in [3.8, 4) is 5.75 Å². The molecule has 0 fully saturated rings. The molecule has 138 valence electrons. The van der Waals surface area contributed by atoms with Crippen molar-refractivity contribution in [3.63, 3.8) is 0 Å². The molecule has 0 aliphatic carbocycles. The highest BCUT2D eigenvalue weighted by atomic mass is 32.1. The average Bonchev–Trinajstić information content (AvgIpc) is 3.30. The van der Waals surface area contributed by atoms with Crippen LogP contribution in [-0.4, -0.2) is 28.9 Å². The van der Waals surface area contributed by atoms with Crippen molar-refractivity contribution in [2.75, 3.05) is 13.2 Å². The molecule has 6 heteroatoms. The van der Waals surface area contributed by atoms with E-state index in [-0.39, 0.29) is 12.5 Å². The van der Waals surface area contributed by atoms with Gasteiger partial charge in [-0.1, -0.05) is 30.3 Å². The molecule has 0 unspecified atom stereocenters. The summed E-state index contributed by atoms with van der Waals surface area (Å²) in [7, 11) is 0. The molecule has 2 aromatic carbocycles. The van der Waals surface area contributed by atoms with Crippen molar-refractivity contribution in [1.29, 1.82) is 0 Å². The zero-order chi connectivity index (χ0) is 18.8. The summed E-state index contributed by atoms with van der Waals surface area (Å²) in [6, 6.07) is 14.1. The van der Waals surface area contributed by atoms with Crippen molar-refractivity contribution in [2.24, 2.45) is 0 Å². The number of thiophene rings is 1. The van der Waals surface area contributed by atoms with E-state index in [1.165, 1.54) is 0 Å². The summed E-state index contributed by atoms with van der Waals surface area (Å²) < 4.78 is 8.19. The van der Waals surface area contributed by atoms with Crippen LogP contribution in [0.5, 0.6) is 5.75 Å². The fourth-order valence-corrected chi connectivity index (χ4v) is 4.95. The molecule has 0 saturated heterocycles. The van der Waals surface area contributed by atoms with Gasteiger partial charge in [0, 0.05) is 24.5 Å². The Morgan fingerprint density at radius 3 is 2.81 bits per heavy atom. The van der Waals surface area contributed by atoms with Crippen LogP contribution in [0.3, 0.4) is 0 Å². The molecule has 4 rings (SSSR count). The molecule has 0 atom stereocenters. The van der Waals surface area contributed by atoms with E-state index < -0.39 is 0 Å². The first kappa shape index (κ1) is 17.9. The number of benzene rings is 2. The Morgan fingerprint density at radius 2 is 2.04 bits per heavy atom. The van der Waals surface area contributed by atoms with Crippen LogP contribution in [0.15, 0.2) is 47.8 Å². The Labute approximate surface area is 166 Å². The van der Waals surface area contributed by atoms with E-state index in [1.54, 1.807) is 22.7 Å². The van der Waals surface area contributed by atoms with Crippen LogP contribution in [0.1, 0.15) is 17.5 Å². The van der Waals surface area contributed by atoms with Crippen LogP contribution < -0.4 is 4.74 Å². The number of nitrogens with zero attached hydrogens (tertiary/aromatic N) is 2. The van der Waals surface area contributed by atoms with E-state index in [2.05, 4.69) is 4.98 Å². The normalized spacial score (nSPS) is 11.2. The Kier molecular flexibility index (Phi) is 5.09. The van der Waals surface area contributed by atoms with Gasteiger partial charge in [0.05, 0.1) is 19.9 Å². The average molecular weight is 397 g/mol. The summed E-state index contributed by atoms with van der Waals surface area (Å²) in [4.78, 5) is 19.1. The second-order valence-electron chi connectivity index (χ2n) is 6.30. The third-order valence-corrected chi connectivity index (χ3v) is 6.31. The van der Waals surface area contributed by atoms with Gasteiger partial charge in [-0.2, -0.15) is 0 Å². The zero-order valence-corrected chi connectivity index (χ0v) is 16.9. The van der Waals surface area contributed by atoms with Gasteiger partial charge in [0.25, 0.3) is 5.91 Å². The quantitative estimate of drug-likeness (QED) is 0.447. The summed E-state index contributed by atoms with van der Waals surface area (Å²) in [5.74, 6) is 0.747. The molecule has 0 saturated carbocycles. The van der Waals surface area contributed by atoms with E-state index in [0.29, 0.717) is 13.1 Å². The highest BCUT2D eigenvalue weighted by molar-refractivity contribution is 7.21. The number of aromatic nitrogens is 1. The minimum atomic E-state index is -0.00897. The maximum atomic E-state index is 12.7. The number of amides is 1. The van der Waals surface area contributed by atoms with Gasteiger partial charge in [0.15, 0.2) is 6.61 Å². The number of thiazole rings is 1. The molecule has 0 spiro atoms.